The van der Waals surface area contributed by atoms with Crippen LogP contribution in [0.4, 0.5) is 0 Å². The predicted molar refractivity (Wildman–Crippen MR) is 63.8 cm³/mol. The van der Waals surface area contributed by atoms with Crippen LogP contribution < -0.4 is 5.76 Å². The normalized spacial score (nSPS) is 19.0. The number of amides is 1. The summed E-state index contributed by atoms with van der Waals surface area (Å²) < 4.78 is 9.90. The number of morpholine rings is 1. The number of ether oxygens (including phenoxy) is 1. The van der Waals surface area contributed by atoms with Gasteiger partial charge in [0.05, 0.1) is 19.3 Å². The highest BCUT2D eigenvalue weighted by Crippen LogP contribution is 2.19. The SMILES string of the molecule is O=C(c1cnccn1)N1CCOC(c2noc(=O)[nH]2)C1. The molecule has 0 aromatic carbocycles. The molecule has 9 nitrogen and oxygen atoms in total. The fourth-order valence-electron chi connectivity index (χ4n) is 1.95. The van der Waals surface area contributed by atoms with Crippen molar-refractivity contribution in [1.29, 1.82) is 0 Å². The Morgan fingerprint density at radius 1 is 1.45 bits per heavy atom. The molecule has 1 aliphatic heterocycles. The van der Waals surface area contributed by atoms with Gasteiger partial charge in [-0.25, -0.2) is 9.78 Å². The van der Waals surface area contributed by atoms with Gasteiger partial charge in [0.15, 0.2) is 5.82 Å². The fraction of sp³-hybridized carbons (Fsp3) is 0.364. The number of hydrogen-bond donors (Lipinski definition) is 1. The van der Waals surface area contributed by atoms with Crippen molar-refractivity contribution in [2.75, 3.05) is 19.7 Å². The first kappa shape index (κ1) is 12.5. The Hall–Kier alpha value is -2.55. The summed E-state index contributed by atoms with van der Waals surface area (Å²) in [4.78, 5) is 35.0. The Kier molecular flexibility index (Phi) is 3.25. The van der Waals surface area contributed by atoms with Crippen molar-refractivity contribution in [3.05, 3.63) is 40.7 Å². The zero-order valence-corrected chi connectivity index (χ0v) is 10.4. The van der Waals surface area contributed by atoms with Gasteiger partial charge in [-0.2, -0.15) is 0 Å². The molecule has 0 saturated carbocycles. The molecule has 1 saturated heterocycles. The molecule has 1 aliphatic rings. The maximum Gasteiger partial charge on any atom is 0.438 e. The van der Waals surface area contributed by atoms with Crippen LogP contribution in [-0.2, 0) is 4.74 Å². The Morgan fingerprint density at radius 2 is 2.35 bits per heavy atom. The second-order valence-corrected chi connectivity index (χ2v) is 4.18. The molecule has 20 heavy (non-hydrogen) atoms. The van der Waals surface area contributed by atoms with E-state index >= 15 is 0 Å². The fourth-order valence-corrected chi connectivity index (χ4v) is 1.95. The zero-order valence-electron chi connectivity index (χ0n) is 10.4. The Labute approximate surface area is 112 Å². The first-order chi connectivity index (χ1) is 9.74. The van der Waals surface area contributed by atoms with Crippen molar-refractivity contribution in [3.63, 3.8) is 0 Å². The standard InChI is InChI=1S/C11H11N5O4/c17-10(7-5-12-1-2-13-7)16-3-4-19-8(6-16)9-14-11(18)20-15-9/h1-2,5,8H,3-4,6H2,(H,14,15,18). The topological polar surface area (TPSA) is 114 Å². The van der Waals surface area contributed by atoms with E-state index in [9.17, 15) is 9.59 Å². The van der Waals surface area contributed by atoms with Gasteiger partial charge in [0, 0.05) is 18.9 Å². The number of aromatic nitrogens is 4. The number of nitrogens with one attached hydrogen (secondary N) is 1. The predicted octanol–water partition coefficient (Wildman–Crippen LogP) is -0.633. The van der Waals surface area contributed by atoms with Crippen molar-refractivity contribution < 1.29 is 14.1 Å². The van der Waals surface area contributed by atoms with Crippen LogP contribution in [0.3, 0.4) is 0 Å². The van der Waals surface area contributed by atoms with E-state index in [1.165, 1.54) is 18.6 Å². The van der Waals surface area contributed by atoms with E-state index in [0.29, 0.717) is 13.2 Å². The van der Waals surface area contributed by atoms with Gasteiger partial charge in [-0.3, -0.25) is 19.3 Å². The minimum atomic E-state index is -0.652. The molecule has 1 atom stereocenters. The third-order valence-electron chi connectivity index (χ3n) is 2.90. The number of H-pyrrole nitrogens is 1. The van der Waals surface area contributed by atoms with Gasteiger partial charge in [-0.05, 0) is 0 Å². The molecule has 0 radical (unpaired) electrons. The number of carbonyl (C=O) groups is 1. The van der Waals surface area contributed by atoms with Gasteiger partial charge >= 0.3 is 5.76 Å². The van der Waals surface area contributed by atoms with E-state index in [0.717, 1.165) is 0 Å². The van der Waals surface area contributed by atoms with E-state index in [4.69, 9.17) is 4.74 Å². The summed E-state index contributed by atoms with van der Waals surface area (Å²) in [5, 5.41) is 3.57. The summed E-state index contributed by atoms with van der Waals surface area (Å²) in [7, 11) is 0. The molecule has 1 unspecified atom stereocenters. The largest absolute Gasteiger partial charge is 0.438 e. The highest BCUT2D eigenvalue weighted by molar-refractivity contribution is 5.92. The summed E-state index contributed by atoms with van der Waals surface area (Å²) in [5.74, 6) is -0.620. The Balaban J connectivity index is 1.75. The second kappa shape index (κ2) is 5.21. The summed E-state index contributed by atoms with van der Waals surface area (Å²) in [6.45, 7) is 1.04. The monoisotopic (exact) mass is 277 g/mol. The van der Waals surface area contributed by atoms with Crippen molar-refractivity contribution in [1.82, 2.24) is 25.0 Å². The average molecular weight is 277 g/mol. The van der Waals surface area contributed by atoms with Crippen LogP contribution in [0, 0.1) is 0 Å². The highest BCUT2D eigenvalue weighted by Gasteiger charge is 2.29. The van der Waals surface area contributed by atoms with Crippen LogP contribution in [0.25, 0.3) is 0 Å². The molecule has 2 aromatic heterocycles. The Morgan fingerprint density at radius 3 is 3.05 bits per heavy atom. The molecular weight excluding hydrogens is 266 g/mol. The summed E-state index contributed by atoms with van der Waals surface area (Å²) >= 11 is 0. The van der Waals surface area contributed by atoms with Crippen LogP contribution >= 0.6 is 0 Å². The molecule has 1 fully saturated rings. The molecule has 3 heterocycles. The van der Waals surface area contributed by atoms with Crippen molar-refractivity contribution >= 4 is 5.91 Å². The lowest BCUT2D eigenvalue weighted by atomic mass is 10.2. The lowest BCUT2D eigenvalue weighted by molar-refractivity contribution is -0.0278. The number of hydrogen-bond acceptors (Lipinski definition) is 7. The smallest absolute Gasteiger partial charge is 0.366 e. The molecule has 2 aromatic rings. The van der Waals surface area contributed by atoms with Crippen LogP contribution in [0.2, 0.25) is 0 Å². The van der Waals surface area contributed by atoms with Crippen LogP contribution in [-0.4, -0.2) is 50.6 Å². The van der Waals surface area contributed by atoms with E-state index in [2.05, 4.69) is 24.6 Å². The van der Waals surface area contributed by atoms with Crippen LogP contribution in [0.1, 0.15) is 22.4 Å². The Bertz CT molecular complexity index is 652. The van der Waals surface area contributed by atoms with Gasteiger partial charge in [0.1, 0.15) is 11.8 Å². The van der Waals surface area contributed by atoms with Gasteiger partial charge in [-0.1, -0.05) is 5.16 Å². The summed E-state index contributed by atoms with van der Waals surface area (Å²) in [6, 6.07) is 0. The lowest BCUT2D eigenvalue weighted by Gasteiger charge is -2.31. The van der Waals surface area contributed by atoms with E-state index < -0.39 is 11.9 Å². The first-order valence-electron chi connectivity index (χ1n) is 5.97. The molecule has 0 spiro atoms. The number of nitrogens with zero attached hydrogens (tertiary/aromatic N) is 4. The van der Waals surface area contributed by atoms with Gasteiger partial charge in [-0.15, -0.1) is 0 Å². The number of aromatic amines is 1. The first-order valence-corrected chi connectivity index (χ1v) is 5.97. The average Bonchev–Trinajstić information content (AvgIpc) is 2.94. The van der Waals surface area contributed by atoms with E-state index in [1.807, 2.05) is 0 Å². The summed E-state index contributed by atoms with van der Waals surface area (Å²) in [6.07, 6.45) is 3.85. The van der Waals surface area contributed by atoms with E-state index in [-0.39, 0.29) is 24.0 Å². The molecule has 1 amide bonds. The third-order valence-corrected chi connectivity index (χ3v) is 2.90. The molecule has 9 heteroatoms. The maximum absolute atomic E-state index is 12.2. The minimum Gasteiger partial charge on any atom is -0.366 e. The maximum atomic E-state index is 12.2. The molecule has 0 bridgehead atoms. The quantitative estimate of drug-likeness (QED) is 0.776. The van der Waals surface area contributed by atoms with Gasteiger partial charge < -0.3 is 9.64 Å². The minimum absolute atomic E-state index is 0.239. The number of rotatable bonds is 2. The van der Waals surface area contributed by atoms with Gasteiger partial charge in [0.25, 0.3) is 5.91 Å². The molecular formula is C11H11N5O4. The van der Waals surface area contributed by atoms with Crippen molar-refractivity contribution in [2.24, 2.45) is 0 Å². The van der Waals surface area contributed by atoms with E-state index in [1.54, 1.807) is 4.90 Å². The van der Waals surface area contributed by atoms with Crippen molar-refractivity contribution in [2.45, 2.75) is 6.10 Å². The molecule has 3 rings (SSSR count). The third kappa shape index (κ3) is 2.43. The van der Waals surface area contributed by atoms with Crippen LogP contribution in [0.15, 0.2) is 27.9 Å². The van der Waals surface area contributed by atoms with Crippen molar-refractivity contribution in [3.8, 4) is 0 Å². The lowest BCUT2D eigenvalue weighted by Crippen LogP contribution is -2.42. The molecule has 104 valence electrons. The zero-order chi connectivity index (χ0) is 13.9. The summed E-state index contributed by atoms with van der Waals surface area (Å²) in [5.41, 5.74) is 0.266. The molecule has 0 aliphatic carbocycles. The highest BCUT2D eigenvalue weighted by atomic mass is 16.5. The second-order valence-electron chi connectivity index (χ2n) is 4.18. The molecule has 1 N–H and O–H groups in total. The van der Waals surface area contributed by atoms with Crippen LogP contribution in [0.5, 0.6) is 0 Å². The van der Waals surface area contributed by atoms with Gasteiger partial charge in [0.2, 0.25) is 0 Å². The number of carbonyl (C=O) groups excluding carboxylic acids is 1.